The Morgan fingerprint density at radius 1 is 1.64 bits per heavy atom. The standard InChI is InChI=1S/C7H12NOS.HI/c1-6-7(3-4-9)10-5-8(6)2;/h5,9H,3-4H2,1-2H3;1H/q+1;/p-1. The van der Waals surface area contributed by atoms with Crippen molar-refractivity contribution in [3.63, 3.8) is 0 Å². The molecule has 1 N–H and O–H groups in total. The SMILES string of the molecule is Cc1c(CCO)sc[n+]1C.[I-]. The number of aromatic nitrogens is 1. The van der Waals surface area contributed by atoms with E-state index in [1.165, 1.54) is 10.6 Å². The third-order valence-electron chi connectivity index (χ3n) is 1.62. The van der Waals surface area contributed by atoms with Crippen LogP contribution in [0.25, 0.3) is 0 Å². The number of nitrogens with zero attached hydrogens (tertiary/aromatic N) is 1. The van der Waals surface area contributed by atoms with E-state index in [-0.39, 0.29) is 30.6 Å². The predicted octanol–water partition coefficient (Wildman–Crippen LogP) is -2.58. The molecule has 0 atom stereocenters. The van der Waals surface area contributed by atoms with Crippen molar-refractivity contribution < 1.29 is 33.7 Å². The second-order valence-corrected chi connectivity index (χ2v) is 3.26. The summed E-state index contributed by atoms with van der Waals surface area (Å²) in [7, 11) is 2.02. The van der Waals surface area contributed by atoms with E-state index < -0.39 is 0 Å². The Balaban J connectivity index is 0.000001000. The van der Waals surface area contributed by atoms with Gasteiger partial charge in [0.1, 0.15) is 7.05 Å². The van der Waals surface area contributed by atoms with Gasteiger partial charge < -0.3 is 29.1 Å². The van der Waals surface area contributed by atoms with Crippen LogP contribution < -0.4 is 28.5 Å². The van der Waals surface area contributed by atoms with E-state index in [0.717, 1.165) is 6.42 Å². The van der Waals surface area contributed by atoms with Gasteiger partial charge >= 0.3 is 0 Å². The van der Waals surface area contributed by atoms with E-state index in [9.17, 15) is 0 Å². The Kier molecular flexibility index (Phi) is 5.20. The molecule has 0 spiro atoms. The summed E-state index contributed by atoms with van der Waals surface area (Å²) in [5.74, 6) is 0. The lowest BCUT2D eigenvalue weighted by Crippen LogP contribution is -3.00. The van der Waals surface area contributed by atoms with Crippen molar-refractivity contribution in [3.05, 3.63) is 16.1 Å². The quantitative estimate of drug-likeness (QED) is 0.468. The number of aryl methyl sites for hydroxylation is 1. The Hall–Kier alpha value is 0.320. The Morgan fingerprint density at radius 3 is 2.64 bits per heavy atom. The van der Waals surface area contributed by atoms with Gasteiger partial charge in [0.05, 0.1) is 4.88 Å². The Labute approximate surface area is 87.9 Å². The van der Waals surface area contributed by atoms with Gasteiger partial charge in [-0.05, 0) is 0 Å². The van der Waals surface area contributed by atoms with Crippen LogP contribution in [-0.2, 0) is 13.5 Å². The maximum atomic E-state index is 8.65. The first-order valence-corrected chi connectivity index (χ1v) is 4.17. The molecule has 1 aromatic heterocycles. The highest BCUT2D eigenvalue weighted by Gasteiger charge is 2.09. The number of rotatable bonds is 2. The van der Waals surface area contributed by atoms with Crippen LogP contribution in [0.2, 0.25) is 0 Å². The van der Waals surface area contributed by atoms with Crippen LogP contribution in [0, 0.1) is 6.92 Å². The number of thiazole rings is 1. The van der Waals surface area contributed by atoms with Crippen molar-refractivity contribution in [3.8, 4) is 0 Å². The number of aliphatic hydroxyl groups excluding tert-OH is 1. The van der Waals surface area contributed by atoms with Crippen molar-refractivity contribution in [2.45, 2.75) is 13.3 Å². The maximum absolute atomic E-state index is 8.65. The van der Waals surface area contributed by atoms with Gasteiger partial charge in [0, 0.05) is 20.0 Å². The highest BCUT2D eigenvalue weighted by atomic mass is 127. The van der Waals surface area contributed by atoms with E-state index in [1.54, 1.807) is 11.3 Å². The fraction of sp³-hybridized carbons (Fsp3) is 0.571. The van der Waals surface area contributed by atoms with Gasteiger partial charge in [-0.1, -0.05) is 11.3 Å². The van der Waals surface area contributed by atoms with Crippen molar-refractivity contribution >= 4 is 11.3 Å². The van der Waals surface area contributed by atoms with Crippen molar-refractivity contribution in [2.75, 3.05) is 6.61 Å². The predicted molar refractivity (Wildman–Crippen MR) is 41.0 cm³/mol. The highest BCUT2D eigenvalue weighted by molar-refractivity contribution is 7.09. The minimum absolute atomic E-state index is 0. The largest absolute Gasteiger partial charge is 1.00 e. The average Bonchev–Trinajstić information content (AvgIpc) is 2.20. The fourth-order valence-corrected chi connectivity index (χ4v) is 1.81. The maximum Gasteiger partial charge on any atom is 0.224 e. The van der Waals surface area contributed by atoms with Gasteiger partial charge in [-0.2, -0.15) is 4.57 Å². The zero-order valence-corrected chi connectivity index (χ0v) is 9.65. The molecule has 11 heavy (non-hydrogen) atoms. The van der Waals surface area contributed by atoms with Gasteiger partial charge in [0.15, 0.2) is 5.69 Å². The monoisotopic (exact) mass is 285 g/mol. The molecular formula is C7H12INOS. The minimum Gasteiger partial charge on any atom is -1.00 e. The molecule has 0 saturated carbocycles. The Bertz CT molecular complexity index is 224. The highest BCUT2D eigenvalue weighted by Crippen LogP contribution is 2.09. The zero-order valence-electron chi connectivity index (χ0n) is 6.67. The fourth-order valence-electron chi connectivity index (χ4n) is 0.845. The molecule has 1 aromatic rings. The number of hydrogen-bond donors (Lipinski definition) is 1. The summed E-state index contributed by atoms with van der Waals surface area (Å²) in [5.41, 5.74) is 3.32. The average molecular weight is 285 g/mol. The molecule has 0 radical (unpaired) electrons. The number of hydrogen-bond acceptors (Lipinski definition) is 2. The van der Waals surface area contributed by atoms with Crippen molar-refractivity contribution in [1.82, 2.24) is 0 Å². The van der Waals surface area contributed by atoms with E-state index in [4.69, 9.17) is 5.11 Å². The van der Waals surface area contributed by atoms with E-state index >= 15 is 0 Å². The summed E-state index contributed by atoms with van der Waals surface area (Å²) in [4.78, 5) is 1.28. The third kappa shape index (κ3) is 2.68. The van der Waals surface area contributed by atoms with Crippen molar-refractivity contribution in [1.29, 1.82) is 0 Å². The van der Waals surface area contributed by atoms with Crippen LogP contribution in [0.5, 0.6) is 0 Å². The molecular weight excluding hydrogens is 273 g/mol. The first-order valence-electron chi connectivity index (χ1n) is 3.29. The van der Waals surface area contributed by atoms with E-state index in [1.807, 2.05) is 7.05 Å². The molecule has 0 saturated heterocycles. The van der Waals surface area contributed by atoms with Crippen LogP contribution in [-0.4, -0.2) is 11.7 Å². The zero-order chi connectivity index (χ0) is 7.56. The molecule has 0 bridgehead atoms. The second-order valence-electron chi connectivity index (χ2n) is 2.32. The van der Waals surface area contributed by atoms with Gasteiger partial charge in [-0.25, -0.2) is 0 Å². The van der Waals surface area contributed by atoms with E-state index in [2.05, 4.69) is 17.0 Å². The lowest BCUT2D eigenvalue weighted by atomic mass is 10.3. The summed E-state index contributed by atoms with van der Waals surface area (Å²) < 4.78 is 2.08. The van der Waals surface area contributed by atoms with Gasteiger partial charge in [-0.15, -0.1) is 0 Å². The van der Waals surface area contributed by atoms with Gasteiger partial charge in [0.2, 0.25) is 5.51 Å². The number of halogens is 1. The molecule has 1 heterocycles. The summed E-state index contributed by atoms with van der Waals surface area (Å²) in [5, 5.41) is 8.65. The van der Waals surface area contributed by atoms with Crippen LogP contribution >= 0.6 is 11.3 Å². The lowest BCUT2D eigenvalue weighted by Gasteiger charge is -1.88. The first-order chi connectivity index (χ1) is 4.75. The summed E-state index contributed by atoms with van der Waals surface area (Å²) in [6, 6.07) is 0. The molecule has 0 unspecified atom stereocenters. The number of aliphatic hydroxyl groups is 1. The molecule has 1 rings (SSSR count). The van der Waals surface area contributed by atoms with Crippen LogP contribution in [0.3, 0.4) is 0 Å². The third-order valence-corrected chi connectivity index (χ3v) is 2.83. The van der Waals surface area contributed by atoms with Gasteiger partial charge in [-0.3, -0.25) is 0 Å². The molecule has 4 heteroatoms. The summed E-state index contributed by atoms with van der Waals surface area (Å²) >= 11 is 1.70. The molecule has 0 aliphatic heterocycles. The minimum atomic E-state index is 0. The first kappa shape index (κ1) is 11.3. The molecule has 64 valence electrons. The lowest BCUT2D eigenvalue weighted by molar-refractivity contribution is -0.673. The Morgan fingerprint density at radius 2 is 2.27 bits per heavy atom. The molecule has 0 aliphatic rings. The molecule has 0 fully saturated rings. The molecule has 0 aromatic carbocycles. The summed E-state index contributed by atoms with van der Waals surface area (Å²) in [6.45, 7) is 2.32. The summed E-state index contributed by atoms with van der Waals surface area (Å²) in [6.07, 6.45) is 0.789. The van der Waals surface area contributed by atoms with Crippen LogP contribution in [0.4, 0.5) is 0 Å². The molecule has 2 nitrogen and oxygen atoms in total. The van der Waals surface area contributed by atoms with Gasteiger partial charge in [0.25, 0.3) is 0 Å². The normalized spacial score (nSPS) is 9.36. The second kappa shape index (κ2) is 5.05. The van der Waals surface area contributed by atoms with Crippen LogP contribution in [0.15, 0.2) is 5.51 Å². The molecule has 0 aliphatic carbocycles. The van der Waals surface area contributed by atoms with E-state index in [0.29, 0.717) is 0 Å². The molecule has 0 amide bonds. The smallest absolute Gasteiger partial charge is 0.224 e. The van der Waals surface area contributed by atoms with Crippen molar-refractivity contribution in [2.24, 2.45) is 7.05 Å². The van der Waals surface area contributed by atoms with Crippen LogP contribution in [0.1, 0.15) is 10.6 Å². The topological polar surface area (TPSA) is 24.1 Å².